The number of carbonyl (C=O) groups is 1. The van der Waals surface area contributed by atoms with Crippen molar-refractivity contribution in [2.45, 2.75) is 26.2 Å². The fourth-order valence-electron chi connectivity index (χ4n) is 1.80. The molecule has 4 heteroatoms. The fourth-order valence-corrected chi connectivity index (χ4v) is 1.80. The molecule has 0 aromatic rings. The Bertz CT molecular complexity index is 197. The molecule has 0 N–H and O–H groups in total. The summed E-state index contributed by atoms with van der Waals surface area (Å²) in [5.74, 6) is 0. The molecule has 2 amide bonds. The van der Waals surface area contributed by atoms with Gasteiger partial charge in [-0.05, 0) is 6.42 Å². The average molecular weight is 214 g/mol. The summed E-state index contributed by atoms with van der Waals surface area (Å²) in [4.78, 5) is 15.6. The highest BCUT2D eigenvalue weighted by atomic mass is 16.5. The molecule has 1 saturated heterocycles. The minimum absolute atomic E-state index is 0.183. The van der Waals surface area contributed by atoms with E-state index < -0.39 is 0 Å². The molecular formula is C11H22N2O2. The van der Waals surface area contributed by atoms with E-state index in [1.54, 1.807) is 7.11 Å². The predicted molar refractivity (Wildman–Crippen MR) is 59.9 cm³/mol. The maximum absolute atomic E-state index is 11.8. The maximum Gasteiger partial charge on any atom is 0.320 e. The second-order valence-electron chi connectivity index (χ2n) is 3.96. The number of amides is 2. The lowest BCUT2D eigenvalue weighted by molar-refractivity contribution is 0.154. The van der Waals surface area contributed by atoms with Gasteiger partial charge in [-0.15, -0.1) is 0 Å². The maximum atomic E-state index is 11.8. The molecular weight excluding hydrogens is 192 g/mol. The quantitative estimate of drug-likeness (QED) is 0.602. The third kappa shape index (κ3) is 3.70. The standard InChI is InChI=1S/C11H22N2O2/c1-3-4-5-6-12-7-8-13(11(12)14)9-10-15-2/h3-10H2,1-2H3. The van der Waals surface area contributed by atoms with Gasteiger partial charge in [-0.25, -0.2) is 4.79 Å². The second kappa shape index (κ2) is 6.67. The zero-order valence-corrected chi connectivity index (χ0v) is 9.87. The van der Waals surface area contributed by atoms with Gasteiger partial charge in [-0.3, -0.25) is 0 Å². The first kappa shape index (κ1) is 12.3. The molecule has 0 spiro atoms. The Hall–Kier alpha value is -0.770. The third-order valence-electron chi connectivity index (χ3n) is 2.78. The molecule has 88 valence electrons. The van der Waals surface area contributed by atoms with Gasteiger partial charge in [-0.2, -0.15) is 0 Å². The smallest absolute Gasteiger partial charge is 0.320 e. The predicted octanol–water partition coefficient (Wildman–Crippen LogP) is 1.56. The summed E-state index contributed by atoms with van der Waals surface area (Å²) < 4.78 is 4.97. The highest BCUT2D eigenvalue weighted by molar-refractivity contribution is 5.76. The van der Waals surface area contributed by atoms with Crippen LogP contribution in [0.3, 0.4) is 0 Å². The number of methoxy groups -OCH3 is 1. The van der Waals surface area contributed by atoms with E-state index in [2.05, 4.69) is 6.92 Å². The van der Waals surface area contributed by atoms with E-state index >= 15 is 0 Å². The molecule has 0 unspecified atom stereocenters. The topological polar surface area (TPSA) is 32.8 Å². The first-order chi connectivity index (χ1) is 7.29. The molecule has 0 aromatic carbocycles. The third-order valence-corrected chi connectivity index (χ3v) is 2.78. The van der Waals surface area contributed by atoms with Crippen molar-refractivity contribution in [3.8, 4) is 0 Å². The van der Waals surface area contributed by atoms with E-state index in [-0.39, 0.29) is 6.03 Å². The summed E-state index contributed by atoms with van der Waals surface area (Å²) in [5.41, 5.74) is 0. The van der Waals surface area contributed by atoms with Gasteiger partial charge in [0.15, 0.2) is 0 Å². The molecule has 1 aliphatic heterocycles. The fraction of sp³-hybridized carbons (Fsp3) is 0.909. The van der Waals surface area contributed by atoms with Crippen LogP contribution in [0, 0.1) is 0 Å². The normalized spacial score (nSPS) is 16.5. The molecule has 1 aliphatic rings. The van der Waals surface area contributed by atoms with E-state index in [1.165, 1.54) is 12.8 Å². The number of unbranched alkanes of at least 4 members (excludes halogenated alkanes) is 2. The summed E-state index contributed by atoms with van der Waals surface area (Å²) in [7, 11) is 1.67. The van der Waals surface area contributed by atoms with Gasteiger partial charge in [0.05, 0.1) is 6.61 Å². The lowest BCUT2D eigenvalue weighted by Gasteiger charge is -2.18. The Labute approximate surface area is 92.2 Å². The van der Waals surface area contributed by atoms with E-state index in [1.807, 2.05) is 9.80 Å². The van der Waals surface area contributed by atoms with E-state index in [4.69, 9.17) is 4.74 Å². The molecule has 0 atom stereocenters. The van der Waals surface area contributed by atoms with Crippen molar-refractivity contribution in [3.05, 3.63) is 0 Å². The van der Waals surface area contributed by atoms with Crippen LogP contribution in [0.1, 0.15) is 26.2 Å². The lowest BCUT2D eigenvalue weighted by Crippen LogP contribution is -2.34. The van der Waals surface area contributed by atoms with Gasteiger partial charge in [-0.1, -0.05) is 19.8 Å². The Morgan fingerprint density at radius 1 is 1.20 bits per heavy atom. The van der Waals surface area contributed by atoms with Crippen LogP contribution < -0.4 is 0 Å². The molecule has 1 heterocycles. The van der Waals surface area contributed by atoms with Crippen LogP contribution in [-0.4, -0.2) is 55.7 Å². The van der Waals surface area contributed by atoms with Crippen LogP contribution in [-0.2, 0) is 4.74 Å². The van der Waals surface area contributed by atoms with Crippen molar-refractivity contribution < 1.29 is 9.53 Å². The van der Waals surface area contributed by atoms with Crippen LogP contribution in [0.25, 0.3) is 0 Å². The summed E-state index contributed by atoms with van der Waals surface area (Å²) in [6.45, 7) is 6.18. The van der Waals surface area contributed by atoms with Gasteiger partial charge in [0.2, 0.25) is 0 Å². The van der Waals surface area contributed by atoms with Gasteiger partial charge >= 0.3 is 6.03 Å². The summed E-state index contributed by atoms with van der Waals surface area (Å²) in [6, 6.07) is 0.183. The van der Waals surface area contributed by atoms with Crippen LogP contribution >= 0.6 is 0 Å². The number of hydrogen-bond donors (Lipinski definition) is 0. The van der Waals surface area contributed by atoms with Crippen LogP contribution in [0.15, 0.2) is 0 Å². The van der Waals surface area contributed by atoms with Gasteiger partial charge in [0.25, 0.3) is 0 Å². The van der Waals surface area contributed by atoms with Crippen molar-refractivity contribution in [1.82, 2.24) is 9.80 Å². The van der Waals surface area contributed by atoms with Gasteiger partial charge in [0, 0.05) is 33.3 Å². The van der Waals surface area contributed by atoms with Crippen LogP contribution in [0.2, 0.25) is 0 Å². The summed E-state index contributed by atoms with van der Waals surface area (Å²) >= 11 is 0. The summed E-state index contributed by atoms with van der Waals surface area (Å²) in [5, 5.41) is 0. The largest absolute Gasteiger partial charge is 0.383 e. The van der Waals surface area contributed by atoms with Crippen molar-refractivity contribution in [1.29, 1.82) is 0 Å². The first-order valence-corrected chi connectivity index (χ1v) is 5.82. The monoisotopic (exact) mass is 214 g/mol. The minimum atomic E-state index is 0.183. The van der Waals surface area contributed by atoms with Crippen molar-refractivity contribution in [2.24, 2.45) is 0 Å². The van der Waals surface area contributed by atoms with E-state index in [9.17, 15) is 4.79 Å². The zero-order chi connectivity index (χ0) is 11.1. The Balaban J connectivity index is 2.22. The van der Waals surface area contributed by atoms with Crippen molar-refractivity contribution in [2.75, 3.05) is 39.9 Å². The van der Waals surface area contributed by atoms with Crippen molar-refractivity contribution >= 4 is 6.03 Å². The Morgan fingerprint density at radius 3 is 2.47 bits per heavy atom. The summed E-state index contributed by atoms with van der Waals surface area (Å²) in [6.07, 6.45) is 3.54. The first-order valence-electron chi connectivity index (χ1n) is 5.82. The van der Waals surface area contributed by atoms with E-state index in [0.29, 0.717) is 6.61 Å². The van der Waals surface area contributed by atoms with Crippen LogP contribution in [0.4, 0.5) is 4.79 Å². The number of ether oxygens (including phenoxy) is 1. The van der Waals surface area contributed by atoms with E-state index in [0.717, 1.165) is 32.6 Å². The SMILES string of the molecule is CCCCCN1CCN(CCOC)C1=O. The molecule has 4 nitrogen and oxygen atoms in total. The van der Waals surface area contributed by atoms with Crippen LogP contribution in [0.5, 0.6) is 0 Å². The van der Waals surface area contributed by atoms with Crippen molar-refractivity contribution in [3.63, 3.8) is 0 Å². The molecule has 0 radical (unpaired) electrons. The number of carbonyl (C=O) groups excluding carboxylic acids is 1. The zero-order valence-electron chi connectivity index (χ0n) is 9.87. The molecule has 0 bridgehead atoms. The molecule has 1 rings (SSSR count). The number of rotatable bonds is 7. The number of urea groups is 1. The Morgan fingerprint density at radius 2 is 1.87 bits per heavy atom. The second-order valence-corrected chi connectivity index (χ2v) is 3.96. The van der Waals surface area contributed by atoms with Gasteiger partial charge in [0.1, 0.15) is 0 Å². The molecule has 15 heavy (non-hydrogen) atoms. The lowest BCUT2D eigenvalue weighted by atomic mass is 10.2. The number of nitrogens with zero attached hydrogens (tertiary/aromatic N) is 2. The highest BCUT2D eigenvalue weighted by Crippen LogP contribution is 2.09. The number of hydrogen-bond acceptors (Lipinski definition) is 2. The van der Waals surface area contributed by atoms with Gasteiger partial charge < -0.3 is 14.5 Å². The molecule has 0 aliphatic carbocycles. The highest BCUT2D eigenvalue weighted by Gasteiger charge is 2.26. The molecule has 0 aromatic heterocycles. The molecule has 0 saturated carbocycles. The average Bonchev–Trinajstić information content (AvgIpc) is 2.58. The Kier molecular flexibility index (Phi) is 5.47. The minimum Gasteiger partial charge on any atom is -0.383 e. The molecule has 1 fully saturated rings.